The molecule has 4 atom stereocenters. The average Bonchev–Trinajstić information content (AvgIpc) is 3.08. The third kappa shape index (κ3) is 3.97. The van der Waals surface area contributed by atoms with Crippen LogP contribution in [0.25, 0.3) is 11.2 Å². The van der Waals surface area contributed by atoms with Crippen molar-refractivity contribution in [2.45, 2.75) is 19.4 Å². The Labute approximate surface area is 167 Å². The van der Waals surface area contributed by atoms with Gasteiger partial charge in [-0.3, -0.25) is 9.42 Å². The van der Waals surface area contributed by atoms with Gasteiger partial charge in [0.1, 0.15) is 17.6 Å². The summed E-state index contributed by atoms with van der Waals surface area (Å²) >= 11 is 0. The molecular formula is C18H22N5O5P. The van der Waals surface area contributed by atoms with E-state index < -0.39 is 7.82 Å². The molecule has 2 aromatic heterocycles. The minimum absolute atomic E-state index is 0.00881. The lowest BCUT2D eigenvalue weighted by molar-refractivity contribution is -0.00488. The van der Waals surface area contributed by atoms with Crippen LogP contribution in [0.2, 0.25) is 0 Å². The molecule has 3 aromatic rings. The summed E-state index contributed by atoms with van der Waals surface area (Å²) in [5.74, 6) is 0.267. The maximum absolute atomic E-state index is 12.2. The van der Waals surface area contributed by atoms with Crippen LogP contribution in [0.15, 0.2) is 36.9 Å². The van der Waals surface area contributed by atoms with Crippen LogP contribution >= 0.6 is 7.82 Å². The number of fused-ring (bicyclic) bond motifs is 1. The van der Waals surface area contributed by atoms with E-state index in [0.29, 0.717) is 23.4 Å². The first-order valence-corrected chi connectivity index (χ1v) is 10.6. The van der Waals surface area contributed by atoms with E-state index >= 15 is 0 Å². The monoisotopic (exact) mass is 419 g/mol. The summed E-state index contributed by atoms with van der Waals surface area (Å²) in [5, 5.41) is 9.83. The Balaban J connectivity index is 1.40. The van der Waals surface area contributed by atoms with Crippen LogP contribution in [0.1, 0.15) is 18.0 Å². The van der Waals surface area contributed by atoms with Gasteiger partial charge in [-0.05, 0) is 31.4 Å². The minimum Gasteiger partial charge on any atom is -0.404 e. The van der Waals surface area contributed by atoms with Crippen molar-refractivity contribution in [3.63, 3.8) is 0 Å². The molecule has 4 rings (SSSR count). The molecule has 2 heterocycles. The largest absolute Gasteiger partial charge is 0.527 e. The molecule has 1 aromatic carbocycles. The van der Waals surface area contributed by atoms with E-state index in [2.05, 4.69) is 15.0 Å². The number of phosphoric acid groups is 1. The van der Waals surface area contributed by atoms with E-state index in [4.69, 9.17) is 14.8 Å². The third-order valence-corrected chi connectivity index (χ3v) is 6.21. The van der Waals surface area contributed by atoms with Crippen molar-refractivity contribution in [2.24, 2.45) is 11.8 Å². The molecule has 1 saturated carbocycles. The summed E-state index contributed by atoms with van der Waals surface area (Å²) in [6, 6.07) is 6.70. The average molecular weight is 419 g/mol. The van der Waals surface area contributed by atoms with Crippen molar-refractivity contribution >= 4 is 24.8 Å². The molecule has 0 aliphatic heterocycles. The van der Waals surface area contributed by atoms with Crippen molar-refractivity contribution in [3.05, 3.63) is 42.5 Å². The molecule has 154 valence electrons. The second-order valence-electron chi connectivity index (χ2n) is 7.16. The Kier molecular flexibility index (Phi) is 5.26. The summed E-state index contributed by atoms with van der Waals surface area (Å²) < 4.78 is 24.4. The topological polar surface area (TPSA) is 146 Å². The van der Waals surface area contributed by atoms with Crippen molar-refractivity contribution in [3.8, 4) is 5.75 Å². The van der Waals surface area contributed by atoms with Crippen LogP contribution in [0.3, 0.4) is 0 Å². The van der Waals surface area contributed by atoms with Crippen molar-refractivity contribution in [2.75, 3.05) is 18.9 Å². The van der Waals surface area contributed by atoms with Gasteiger partial charge in [0, 0.05) is 18.6 Å². The van der Waals surface area contributed by atoms with Gasteiger partial charge in [-0.2, -0.15) is 0 Å². The first kappa shape index (κ1) is 19.8. The Morgan fingerprint density at radius 1 is 1.28 bits per heavy atom. The third-order valence-electron chi connectivity index (χ3n) is 5.29. The number of nitrogen functional groups attached to an aromatic ring is 1. The molecular weight excluding hydrogens is 397 g/mol. The fourth-order valence-corrected chi connectivity index (χ4v) is 4.44. The van der Waals surface area contributed by atoms with Gasteiger partial charge in [0.2, 0.25) is 0 Å². The van der Waals surface area contributed by atoms with Crippen LogP contribution in [0.4, 0.5) is 5.82 Å². The SMILES string of the molecule is Cc1ccc(OP(=O)(O)OCC2CC(n3cnc4c(N)ncnc43)C2CO)cc1. The normalized spacial score (nSPS) is 23.5. The molecule has 11 heteroatoms. The van der Waals surface area contributed by atoms with E-state index in [-0.39, 0.29) is 36.8 Å². The number of hydrogen-bond donors (Lipinski definition) is 3. The van der Waals surface area contributed by atoms with Crippen LogP contribution in [-0.2, 0) is 9.09 Å². The summed E-state index contributed by atoms with van der Waals surface area (Å²) in [7, 11) is -4.26. The van der Waals surface area contributed by atoms with Crippen LogP contribution in [0, 0.1) is 18.8 Å². The quantitative estimate of drug-likeness (QED) is 0.490. The molecule has 10 nitrogen and oxygen atoms in total. The molecule has 1 fully saturated rings. The zero-order chi connectivity index (χ0) is 20.6. The number of hydrogen-bond acceptors (Lipinski definition) is 8. The Hall–Kier alpha value is -2.52. The van der Waals surface area contributed by atoms with Crippen LogP contribution in [-0.4, -0.2) is 42.7 Å². The highest BCUT2D eigenvalue weighted by molar-refractivity contribution is 7.47. The van der Waals surface area contributed by atoms with Gasteiger partial charge in [0.25, 0.3) is 0 Å². The zero-order valence-corrected chi connectivity index (χ0v) is 16.6. The van der Waals surface area contributed by atoms with Crippen molar-refractivity contribution < 1.29 is 23.6 Å². The van der Waals surface area contributed by atoms with E-state index in [1.807, 2.05) is 11.5 Å². The first-order valence-electron chi connectivity index (χ1n) is 9.15. The number of anilines is 1. The predicted molar refractivity (Wildman–Crippen MR) is 105 cm³/mol. The molecule has 0 radical (unpaired) electrons. The lowest BCUT2D eigenvalue weighted by Gasteiger charge is -2.44. The molecule has 0 amide bonds. The van der Waals surface area contributed by atoms with Gasteiger partial charge >= 0.3 is 7.82 Å². The van der Waals surface area contributed by atoms with E-state index in [0.717, 1.165) is 5.56 Å². The number of aromatic nitrogens is 4. The Morgan fingerprint density at radius 3 is 2.76 bits per heavy atom. The summed E-state index contributed by atoms with van der Waals surface area (Å²) in [5.41, 5.74) is 7.94. The first-order chi connectivity index (χ1) is 13.9. The highest BCUT2D eigenvalue weighted by atomic mass is 31.2. The van der Waals surface area contributed by atoms with Gasteiger partial charge in [-0.25, -0.2) is 19.5 Å². The van der Waals surface area contributed by atoms with E-state index in [9.17, 15) is 14.6 Å². The van der Waals surface area contributed by atoms with Crippen molar-refractivity contribution in [1.29, 1.82) is 0 Å². The molecule has 29 heavy (non-hydrogen) atoms. The lowest BCUT2D eigenvalue weighted by atomic mass is 9.70. The van der Waals surface area contributed by atoms with Crippen LogP contribution < -0.4 is 10.3 Å². The summed E-state index contributed by atoms with van der Waals surface area (Å²) in [4.78, 5) is 22.4. The highest BCUT2D eigenvalue weighted by Gasteiger charge is 2.43. The molecule has 1 aliphatic rings. The maximum atomic E-state index is 12.2. The van der Waals surface area contributed by atoms with E-state index in [1.54, 1.807) is 30.6 Å². The molecule has 4 N–H and O–H groups in total. The lowest BCUT2D eigenvalue weighted by Crippen LogP contribution is -2.42. The number of aryl methyl sites for hydroxylation is 1. The molecule has 1 aliphatic carbocycles. The number of phosphoric ester groups is 1. The smallest absolute Gasteiger partial charge is 0.404 e. The van der Waals surface area contributed by atoms with E-state index in [1.165, 1.54) is 6.33 Å². The fourth-order valence-electron chi connectivity index (χ4n) is 3.62. The number of imidazole rings is 1. The Bertz CT molecular complexity index is 1060. The number of nitrogens with zero attached hydrogens (tertiary/aromatic N) is 4. The van der Waals surface area contributed by atoms with Gasteiger partial charge < -0.3 is 19.9 Å². The summed E-state index contributed by atoms with van der Waals surface area (Å²) in [6.45, 7) is 1.79. The highest BCUT2D eigenvalue weighted by Crippen LogP contribution is 2.49. The van der Waals surface area contributed by atoms with Crippen LogP contribution in [0.5, 0.6) is 5.75 Å². The molecule has 4 unspecified atom stereocenters. The maximum Gasteiger partial charge on any atom is 0.527 e. The number of nitrogens with two attached hydrogens (primary N) is 1. The number of rotatable bonds is 7. The number of benzene rings is 1. The predicted octanol–water partition coefficient (Wildman–Crippen LogP) is 2.08. The van der Waals surface area contributed by atoms with Gasteiger partial charge in [-0.1, -0.05) is 17.7 Å². The standard InChI is InChI=1S/C18H22N5O5P/c1-11-2-4-13(5-3-11)28-29(25,26)27-8-12-6-15(14(12)7-24)23-10-22-16-17(19)20-9-21-18(16)23/h2-5,9-10,12,14-15,24H,6-8H2,1H3,(H,25,26)(H2,19,20,21). The Morgan fingerprint density at radius 2 is 2.03 bits per heavy atom. The van der Waals surface area contributed by atoms with Gasteiger partial charge in [0.15, 0.2) is 11.5 Å². The molecule has 0 saturated heterocycles. The number of aliphatic hydroxyl groups is 1. The fraction of sp³-hybridized carbons (Fsp3) is 0.389. The second kappa shape index (κ2) is 7.72. The summed E-state index contributed by atoms with van der Waals surface area (Å²) in [6.07, 6.45) is 3.62. The number of aliphatic hydroxyl groups excluding tert-OH is 1. The van der Waals surface area contributed by atoms with Crippen molar-refractivity contribution in [1.82, 2.24) is 19.5 Å². The van der Waals surface area contributed by atoms with Gasteiger partial charge in [0.05, 0.1) is 12.9 Å². The minimum atomic E-state index is -4.26. The van der Waals surface area contributed by atoms with Gasteiger partial charge in [-0.15, -0.1) is 0 Å². The molecule has 0 bridgehead atoms. The zero-order valence-electron chi connectivity index (χ0n) is 15.8. The molecule has 0 spiro atoms. The second-order valence-corrected chi connectivity index (χ2v) is 8.54.